The second-order valence-corrected chi connectivity index (χ2v) is 2.55. The van der Waals surface area contributed by atoms with Crippen molar-refractivity contribution in [2.75, 3.05) is 14.2 Å². The van der Waals surface area contributed by atoms with Gasteiger partial charge in [-0.25, -0.2) is 5.06 Å². The van der Waals surface area contributed by atoms with Crippen LogP contribution < -0.4 is 0 Å². The van der Waals surface area contributed by atoms with Crippen LogP contribution in [-0.4, -0.2) is 25.1 Å². The monoisotopic (exact) mass is 169 g/mol. The van der Waals surface area contributed by atoms with Crippen molar-refractivity contribution in [2.24, 2.45) is 5.92 Å². The summed E-state index contributed by atoms with van der Waals surface area (Å²) in [5, 5.41) is 1.22. The number of hydrogen-bond acceptors (Lipinski definition) is 2. The number of carbonyl (C=O) groups excluding carboxylic acids is 1. The SMILES string of the molecule is CC#CC[C@@H](C)C(=O)N(C)OC. The van der Waals surface area contributed by atoms with E-state index in [9.17, 15) is 4.79 Å². The predicted octanol–water partition coefficient (Wildman–Crippen LogP) is 1.06. The fourth-order valence-corrected chi connectivity index (χ4v) is 0.743. The lowest BCUT2D eigenvalue weighted by molar-refractivity contribution is -0.172. The van der Waals surface area contributed by atoms with Crippen molar-refractivity contribution >= 4 is 5.91 Å². The van der Waals surface area contributed by atoms with E-state index in [4.69, 9.17) is 4.84 Å². The number of nitrogens with zero attached hydrogens (tertiary/aromatic N) is 1. The highest BCUT2D eigenvalue weighted by Crippen LogP contribution is 2.04. The lowest BCUT2D eigenvalue weighted by Gasteiger charge is -2.16. The van der Waals surface area contributed by atoms with Crippen LogP contribution in [0.1, 0.15) is 20.3 Å². The highest BCUT2D eigenvalue weighted by Gasteiger charge is 2.15. The summed E-state index contributed by atoms with van der Waals surface area (Å²) in [5.74, 6) is 5.47. The molecule has 0 aromatic heterocycles. The van der Waals surface area contributed by atoms with E-state index in [1.54, 1.807) is 14.0 Å². The van der Waals surface area contributed by atoms with Crippen LogP contribution in [0.15, 0.2) is 0 Å². The van der Waals surface area contributed by atoms with E-state index in [0.717, 1.165) is 0 Å². The predicted molar refractivity (Wildman–Crippen MR) is 47.0 cm³/mol. The van der Waals surface area contributed by atoms with Gasteiger partial charge in [-0.15, -0.1) is 11.8 Å². The van der Waals surface area contributed by atoms with E-state index >= 15 is 0 Å². The molecule has 0 N–H and O–H groups in total. The summed E-state index contributed by atoms with van der Waals surface area (Å²) >= 11 is 0. The van der Waals surface area contributed by atoms with Gasteiger partial charge >= 0.3 is 0 Å². The first-order valence-electron chi connectivity index (χ1n) is 3.84. The molecule has 0 rings (SSSR count). The van der Waals surface area contributed by atoms with Crippen LogP contribution in [0, 0.1) is 17.8 Å². The van der Waals surface area contributed by atoms with Gasteiger partial charge in [-0.3, -0.25) is 9.63 Å². The minimum Gasteiger partial charge on any atom is -0.275 e. The molecule has 68 valence electrons. The van der Waals surface area contributed by atoms with Gasteiger partial charge in [-0.05, 0) is 6.92 Å². The summed E-state index contributed by atoms with van der Waals surface area (Å²) in [4.78, 5) is 16.1. The molecule has 0 aliphatic rings. The lowest BCUT2D eigenvalue weighted by Crippen LogP contribution is -2.30. The molecule has 1 amide bonds. The van der Waals surface area contributed by atoms with E-state index in [0.29, 0.717) is 6.42 Å². The molecule has 0 aliphatic heterocycles. The minimum atomic E-state index is -0.0950. The van der Waals surface area contributed by atoms with Gasteiger partial charge in [0.25, 0.3) is 0 Å². The van der Waals surface area contributed by atoms with Crippen molar-refractivity contribution in [1.29, 1.82) is 0 Å². The molecular weight excluding hydrogens is 154 g/mol. The smallest absolute Gasteiger partial charge is 0.249 e. The molecule has 3 heteroatoms. The molecule has 0 saturated carbocycles. The van der Waals surface area contributed by atoms with Gasteiger partial charge in [0.05, 0.1) is 7.11 Å². The number of carbonyl (C=O) groups is 1. The molecule has 0 aliphatic carbocycles. The average molecular weight is 169 g/mol. The fraction of sp³-hybridized carbons (Fsp3) is 0.667. The summed E-state index contributed by atoms with van der Waals surface area (Å²) < 4.78 is 0. The Morgan fingerprint density at radius 1 is 1.67 bits per heavy atom. The first-order chi connectivity index (χ1) is 5.63. The molecule has 0 bridgehead atoms. The van der Waals surface area contributed by atoms with Crippen molar-refractivity contribution in [3.8, 4) is 11.8 Å². The Labute approximate surface area is 73.6 Å². The Hall–Kier alpha value is -1.01. The summed E-state index contributed by atoms with van der Waals surface area (Å²) in [6, 6.07) is 0. The van der Waals surface area contributed by atoms with Crippen molar-refractivity contribution in [3.05, 3.63) is 0 Å². The Morgan fingerprint density at radius 3 is 2.67 bits per heavy atom. The van der Waals surface area contributed by atoms with Gasteiger partial charge in [0, 0.05) is 19.4 Å². The molecule has 0 aromatic rings. The molecule has 1 atom stereocenters. The van der Waals surface area contributed by atoms with E-state index in [1.165, 1.54) is 12.2 Å². The summed E-state index contributed by atoms with van der Waals surface area (Å²) in [7, 11) is 3.06. The maximum Gasteiger partial charge on any atom is 0.249 e. The highest BCUT2D eigenvalue weighted by atomic mass is 16.7. The number of amides is 1. The molecule has 3 nitrogen and oxygen atoms in total. The Morgan fingerprint density at radius 2 is 2.25 bits per heavy atom. The minimum absolute atomic E-state index is 0.0414. The fourth-order valence-electron chi connectivity index (χ4n) is 0.743. The van der Waals surface area contributed by atoms with Gasteiger partial charge < -0.3 is 0 Å². The van der Waals surface area contributed by atoms with Crippen LogP contribution in [0.25, 0.3) is 0 Å². The third-order valence-electron chi connectivity index (χ3n) is 1.59. The summed E-state index contributed by atoms with van der Waals surface area (Å²) in [6.45, 7) is 3.60. The molecule has 0 unspecified atom stereocenters. The topological polar surface area (TPSA) is 29.5 Å². The van der Waals surface area contributed by atoms with E-state index < -0.39 is 0 Å². The van der Waals surface area contributed by atoms with E-state index in [2.05, 4.69) is 11.8 Å². The molecule has 0 aromatic carbocycles. The van der Waals surface area contributed by atoms with Crippen molar-refractivity contribution in [1.82, 2.24) is 5.06 Å². The van der Waals surface area contributed by atoms with Crippen molar-refractivity contribution in [2.45, 2.75) is 20.3 Å². The first-order valence-corrected chi connectivity index (χ1v) is 3.84. The molecule has 0 saturated heterocycles. The van der Waals surface area contributed by atoms with Gasteiger partial charge in [0.15, 0.2) is 0 Å². The molecule has 12 heavy (non-hydrogen) atoms. The van der Waals surface area contributed by atoms with Gasteiger partial charge in [-0.2, -0.15) is 0 Å². The second-order valence-electron chi connectivity index (χ2n) is 2.55. The van der Waals surface area contributed by atoms with Crippen LogP contribution >= 0.6 is 0 Å². The summed E-state index contributed by atoms with van der Waals surface area (Å²) in [6.07, 6.45) is 0.586. The van der Waals surface area contributed by atoms with Crippen LogP contribution in [0.5, 0.6) is 0 Å². The normalized spacial score (nSPS) is 11.3. The molecule has 0 heterocycles. The van der Waals surface area contributed by atoms with E-state index in [1.807, 2.05) is 6.92 Å². The van der Waals surface area contributed by atoms with E-state index in [-0.39, 0.29) is 11.8 Å². The van der Waals surface area contributed by atoms with Crippen LogP contribution in [0.2, 0.25) is 0 Å². The number of hydroxylamine groups is 2. The molecule has 0 spiro atoms. The first kappa shape index (κ1) is 11.0. The maximum absolute atomic E-state index is 11.3. The molecule has 0 radical (unpaired) electrons. The zero-order chi connectivity index (χ0) is 9.56. The van der Waals surface area contributed by atoms with Crippen molar-refractivity contribution in [3.63, 3.8) is 0 Å². The van der Waals surface area contributed by atoms with Crippen LogP contribution in [0.4, 0.5) is 0 Å². The van der Waals surface area contributed by atoms with Crippen molar-refractivity contribution < 1.29 is 9.63 Å². The molecular formula is C9H15NO2. The Bertz CT molecular complexity index is 202. The standard InChI is InChI=1S/C9H15NO2/c1-5-6-7-8(2)9(11)10(3)12-4/h8H,7H2,1-4H3/t8-/m1/s1. The molecule has 0 fully saturated rings. The highest BCUT2D eigenvalue weighted by molar-refractivity contribution is 5.77. The lowest BCUT2D eigenvalue weighted by atomic mass is 10.1. The Kier molecular flexibility index (Phi) is 5.14. The number of rotatable bonds is 3. The quantitative estimate of drug-likeness (QED) is 0.467. The largest absolute Gasteiger partial charge is 0.275 e. The van der Waals surface area contributed by atoms with Gasteiger partial charge in [0.1, 0.15) is 0 Å². The third-order valence-corrected chi connectivity index (χ3v) is 1.59. The summed E-state index contributed by atoms with van der Waals surface area (Å²) in [5.41, 5.74) is 0. The zero-order valence-corrected chi connectivity index (χ0v) is 8.05. The van der Waals surface area contributed by atoms with Gasteiger partial charge in [0.2, 0.25) is 5.91 Å². The average Bonchev–Trinajstić information content (AvgIpc) is 2.11. The Balaban J connectivity index is 3.97. The van der Waals surface area contributed by atoms with Gasteiger partial charge in [-0.1, -0.05) is 6.92 Å². The second kappa shape index (κ2) is 5.62. The third kappa shape index (κ3) is 3.40. The van der Waals surface area contributed by atoms with Crippen LogP contribution in [0.3, 0.4) is 0 Å². The maximum atomic E-state index is 11.3. The zero-order valence-electron chi connectivity index (χ0n) is 8.05. The number of hydrogen-bond donors (Lipinski definition) is 0. The van der Waals surface area contributed by atoms with Crippen LogP contribution in [-0.2, 0) is 9.63 Å².